The Bertz CT molecular complexity index is 2570. The third-order valence-electron chi connectivity index (χ3n) is 12.0. The summed E-state index contributed by atoms with van der Waals surface area (Å²) in [6, 6.07) is 20.4. The number of benzene rings is 6. The number of ether oxygens (including phenoxy) is 6. The van der Waals surface area contributed by atoms with Crippen LogP contribution in [0.2, 0.25) is 0 Å². The lowest BCUT2D eigenvalue weighted by molar-refractivity contribution is 0.0607. The first-order valence-electron chi connectivity index (χ1n) is 20.5. The van der Waals surface area contributed by atoms with Gasteiger partial charge in [-0.05, 0) is 178 Å². The number of phenols is 6. The topological polar surface area (TPSA) is 197 Å². The SMILES string of the molecule is Oc1cc2c3cc1OCCOc1cc4c(cc1O)Cc1cc5c(O)cc1Cc1cc(c(O)cc1C4)OCC(O)COc1cc(c(cc1O)Cc1cc(c(O)cc1C3)OCCO5)C2. The van der Waals surface area contributed by atoms with E-state index in [1.54, 1.807) is 72.8 Å². The zero-order valence-corrected chi connectivity index (χ0v) is 33.6. The van der Waals surface area contributed by atoms with Gasteiger partial charge in [-0.1, -0.05) is 0 Å². The van der Waals surface area contributed by atoms with Crippen molar-refractivity contribution in [3.63, 3.8) is 0 Å². The van der Waals surface area contributed by atoms with Crippen LogP contribution in [0.15, 0.2) is 72.8 Å². The van der Waals surface area contributed by atoms with E-state index in [1.165, 1.54) is 0 Å². The molecule has 6 aromatic carbocycles. The maximum atomic E-state index is 11.3. The molecule has 12 heterocycles. The van der Waals surface area contributed by atoms with Gasteiger partial charge in [0.1, 0.15) is 45.7 Å². The Morgan fingerprint density at radius 2 is 0.452 bits per heavy atom. The van der Waals surface area contributed by atoms with Gasteiger partial charge >= 0.3 is 0 Å². The molecule has 13 heteroatoms. The molecular weight excluding hydrogens is 797 g/mol. The van der Waals surface area contributed by atoms with Crippen LogP contribution in [0.1, 0.15) is 66.8 Å². The summed E-state index contributed by atoms with van der Waals surface area (Å²) >= 11 is 0. The van der Waals surface area contributed by atoms with Crippen LogP contribution in [-0.2, 0) is 38.5 Å². The number of hydrogen-bond donors (Lipinski definition) is 7. The highest BCUT2D eigenvalue weighted by Crippen LogP contribution is 2.43. The second-order valence-corrected chi connectivity index (χ2v) is 16.3. The van der Waals surface area contributed by atoms with E-state index in [-0.39, 0.29) is 109 Å². The van der Waals surface area contributed by atoms with Crippen molar-refractivity contribution < 1.29 is 64.2 Å². The fraction of sp³-hybridized carbons (Fsp3) is 0.265. The van der Waals surface area contributed by atoms with E-state index in [0.717, 1.165) is 66.8 Å². The molecule has 0 unspecified atom stereocenters. The maximum absolute atomic E-state index is 11.3. The van der Waals surface area contributed by atoms with Crippen molar-refractivity contribution in [1.29, 1.82) is 0 Å². The zero-order chi connectivity index (χ0) is 42.6. The van der Waals surface area contributed by atoms with Crippen molar-refractivity contribution in [2.24, 2.45) is 0 Å². The summed E-state index contributed by atoms with van der Waals surface area (Å²) in [7, 11) is 0. The Hall–Kier alpha value is -7.12. The monoisotopic (exact) mass is 840 g/mol. The van der Waals surface area contributed by atoms with Gasteiger partial charge in [0, 0.05) is 0 Å². The lowest BCUT2D eigenvalue weighted by Crippen LogP contribution is -2.25. The van der Waals surface area contributed by atoms with E-state index in [0.29, 0.717) is 38.5 Å². The second kappa shape index (κ2) is 15.7. The number of phenolic OH excluding ortho intramolecular Hbond substituents is 6. The van der Waals surface area contributed by atoms with Gasteiger partial charge in [-0.2, -0.15) is 0 Å². The molecule has 13 nitrogen and oxygen atoms in total. The van der Waals surface area contributed by atoms with Crippen molar-refractivity contribution in [3.8, 4) is 69.0 Å². The number of aliphatic hydroxyl groups excluding tert-OH is 1. The second-order valence-electron chi connectivity index (χ2n) is 16.3. The fourth-order valence-corrected chi connectivity index (χ4v) is 8.85. The van der Waals surface area contributed by atoms with Gasteiger partial charge in [0.15, 0.2) is 69.0 Å². The molecular formula is C49H44O13. The Morgan fingerprint density at radius 3 is 0.661 bits per heavy atom. The fourth-order valence-electron chi connectivity index (χ4n) is 8.85. The molecule has 0 amide bonds. The highest BCUT2D eigenvalue weighted by atomic mass is 16.5. The summed E-state index contributed by atoms with van der Waals surface area (Å²) in [5.41, 5.74) is 9.43. The van der Waals surface area contributed by atoms with Crippen LogP contribution in [0.3, 0.4) is 0 Å². The Morgan fingerprint density at radius 1 is 0.274 bits per heavy atom. The van der Waals surface area contributed by atoms with Gasteiger partial charge in [-0.3, -0.25) is 0 Å². The molecule has 318 valence electrons. The molecule has 14 aliphatic rings. The van der Waals surface area contributed by atoms with Crippen LogP contribution in [0.4, 0.5) is 0 Å². The molecule has 0 spiro atoms. The largest absolute Gasteiger partial charge is 0.504 e. The summed E-state index contributed by atoms with van der Waals surface area (Å²) in [6.07, 6.45) is 0.867. The van der Waals surface area contributed by atoms with Gasteiger partial charge in [0.25, 0.3) is 0 Å². The zero-order valence-electron chi connectivity index (χ0n) is 33.6. The van der Waals surface area contributed by atoms with E-state index < -0.39 is 6.10 Å². The van der Waals surface area contributed by atoms with E-state index >= 15 is 0 Å². The van der Waals surface area contributed by atoms with E-state index in [2.05, 4.69) is 0 Å². The molecule has 20 rings (SSSR count). The summed E-state index contributed by atoms with van der Waals surface area (Å²) in [6.45, 7) is -0.402. The van der Waals surface area contributed by atoms with Crippen molar-refractivity contribution in [3.05, 3.63) is 140 Å². The molecule has 0 aromatic heterocycles. The third kappa shape index (κ3) is 7.60. The molecule has 0 radical (unpaired) electrons. The lowest BCUT2D eigenvalue weighted by Gasteiger charge is -2.19. The Kier molecular flexibility index (Phi) is 9.90. The Balaban J connectivity index is 1.16. The minimum Gasteiger partial charge on any atom is -0.504 e. The van der Waals surface area contributed by atoms with Gasteiger partial charge in [-0.25, -0.2) is 0 Å². The average Bonchev–Trinajstić information content (AvgIpc) is 3.32. The molecule has 6 aromatic rings. The van der Waals surface area contributed by atoms with Crippen LogP contribution >= 0.6 is 0 Å². The normalized spacial score (nSPS) is 15.8. The smallest absolute Gasteiger partial charge is 0.161 e. The summed E-state index contributed by atoms with van der Waals surface area (Å²) in [5, 5.41) is 79.0. The number of hydrogen-bond acceptors (Lipinski definition) is 13. The number of aromatic hydroxyl groups is 6. The molecule has 0 saturated carbocycles. The van der Waals surface area contributed by atoms with Gasteiger partial charge in [-0.15, -0.1) is 0 Å². The highest BCUT2D eigenvalue weighted by Gasteiger charge is 2.25. The van der Waals surface area contributed by atoms with Crippen molar-refractivity contribution in [1.82, 2.24) is 0 Å². The van der Waals surface area contributed by atoms with E-state index in [1.807, 2.05) is 0 Å². The first kappa shape index (κ1) is 39.0. The minimum atomic E-state index is -1.17. The van der Waals surface area contributed by atoms with E-state index in [9.17, 15) is 35.7 Å². The van der Waals surface area contributed by atoms with Crippen LogP contribution in [0, 0.1) is 0 Å². The van der Waals surface area contributed by atoms with Gasteiger partial charge in [0.2, 0.25) is 0 Å². The first-order chi connectivity index (χ1) is 30.0. The molecule has 12 aliphatic heterocycles. The molecule has 7 N–H and O–H groups in total. The highest BCUT2D eigenvalue weighted by molar-refractivity contribution is 5.60. The van der Waals surface area contributed by atoms with Gasteiger partial charge in [0.05, 0.1) is 0 Å². The predicted molar refractivity (Wildman–Crippen MR) is 224 cm³/mol. The first-order valence-corrected chi connectivity index (χ1v) is 20.5. The standard InChI is InChI=1S/C49H44O13/c50-37-23-61-48-21-35-9-27-13-40(53)44-17-31(27)5-25-12-39(52)47(20-34(25)8-30(35)16-43(48)56)60-4-2-58-45-18-32-6-26-11-38(51)46(59-3-1-57-44)19-33(26)7-29-15-42(55)49(62-24-37)22-36(29)10-28(32)14-41(45)54/h11-22,37,50-56H,1-10,23-24H2. The maximum Gasteiger partial charge on any atom is 0.161 e. The molecule has 62 heavy (non-hydrogen) atoms. The molecule has 0 atom stereocenters. The summed E-state index contributed by atoms with van der Waals surface area (Å²) < 4.78 is 36.5. The average molecular weight is 841 g/mol. The minimum absolute atomic E-state index is 0.0226. The quantitative estimate of drug-likeness (QED) is 0.0881. The van der Waals surface area contributed by atoms with Crippen molar-refractivity contribution >= 4 is 0 Å². The van der Waals surface area contributed by atoms with Gasteiger partial charge < -0.3 is 64.2 Å². The summed E-state index contributed by atoms with van der Waals surface area (Å²) in [5.74, 6) is 0.528. The Labute approximate surface area is 356 Å². The molecule has 0 saturated heterocycles. The predicted octanol–water partition coefficient (Wildman–Crippen LogP) is 6.45. The van der Waals surface area contributed by atoms with Crippen LogP contribution in [-0.4, -0.2) is 81.5 Å². The van der Waals surface area contributed by atoms with Crippen LogP contribution < -0.4 is 28.4 Å². The summed E-state index contributed by atoms with van der Waals surface area (Å²) in [4.78, 5) is 0. The number of aliphatic hydroxyl groups is 1. The van der Waals surface area contributed by atoms with Crippen molar-refractivity contribution in [2.75, 3.05) is 39.6 Å². The van der Waals surface area contributed by atoms with E-state index in [4.69, 9.17) is 28.4 Å². The molecule has 2 aliphatic carbocycles. The van der Waals surface area contributed by atoms with Crippen LogP contribution in [0.5, 0.6) is 69.0 Å². The number of rotatable bonds is 0. The molecule has 18 bridgehead atoms. The van der Waals surface area contributed by atoms with Crippen LogP contribution in [0.25, 0.3) is 0 Å². The third-order valence-corrected chi connectivity index (χ3v) is 12.0. The molecule has 0 fully saturated rings. The lowest BCUT2D eigenvalue weighted by atomic mass is 9.94. The van der Waals surface area contributed by atoms with Crippen molar-refractivity contribution in [2.45, 2.75) is 44.6 Å².